The van der Waals surface area contributed by atoms with E-state index in [1.807, 2.05) is 6.07 Å². The van der Waals surface area contributed by atoms with Crippen LogP contribution in [0.15, 0.2) is 199 Å². The molecule has 0 saturated heterocycles. The molecule has 0 fully saturated rings. The lowest BCUT2D eigenvalue weighted by Crippen LogP contribution is -1.99. The highest BCUT2D eigenvalue weighted by Crippen LogP contribution is 2.51. The molecule has 13 aromatic rings. The zero-order valence-corrected chi connectivity index (χ0v) is 30.8. The molecule has 0 N–H and O–H groups in total. The van der Waals surface area contributed by atoms with Crippen LogP contribution in [0.3, 0.4) is 0 Å². The van der Waals surface area contributed by atoms with Gasteiger partial charge in [-0.2, -0.15) is 0 Å². The summed E-state index contributed by atoms with van der Waals surface area (Å²) in [5.74, 6) is 0. The van der Waals surface area contributed by atoms with Gasteiger partial charge in [0.2, 0.25) is 0 Å². The summed E-state index contributed by atoms with van der Waals surface area (Å²) >= 11 is 0. The van der Waals surface area contributed by atoms with Crippen molar-refractivity contribution in [2.45, 2.75) is 0 Å². The van der Waals surface area contributed by atoms with E-state index in [1.165, 1.54) is 81.5 Å². The molecule has 0 aliphatic rings. The van der Waals surface area contributed by atoms with Crippen LogP contribution in [0.25, 0.3) is 120 Å². The van der Waals surface area contributed by atoms with Gasteiger partial charge in [-0.15, -0.1) is 0 Å². The van der Waals surface area contributed by atoms with Gasteiger partial charge in [-0.05, 0) is 75.1 Å². The minimum absolute atomic E-state index is 0.880. The fourth-order valence-corrected chi connectivity index (χ4v) is 9.92. The van der Waals surface area contributed by atoms with Crippen LogP contribution in [0, 0.1) is 0 Å². The molecule has 0 bridgehead atoms. The van der Waals surface area contributed by atoms with Crippen molar-refractivity contribution in [3.63, 3.8) is 0 Å². The third kappa shape index (κ3) is 4.15. The molecule has 0 saturated carbocycles. The van der Waals surface area contributed by atoms with Crippen molar-refractivity contribution < 1.29 is 4.42 Å². The van der Waals surface area contributed by atoms with Crippen LogP contribution in [0.2, 0.25) is 0 Å². The van der Waals surface area contributed by atoms with Gasteiger partial charge in [-0.1, -0.05) is 146 Å². The molecule has 0 aliphatic heterocycles. The van der Waals surface area contributed by atoms with E-state index in [0.717, 1.165) is 38.8 Å². The number of rotatable bonds is 3. The third-order valence-electron chi connectivity index (χ3n) is 12.3. The summed E-state index contributed by atoms with van der Waals surface area (Å²) in [5.41, 5.74) is 11.1. The molecule has 0 unspecified atom stereocenters. The second kappa shape index (κ2) is 11.5. The quantitative estimate of drug-likeness (QED) is 0.166. The van der Waals surface area contributed by atoms with Crippen LogP contribution in [0.5, 0.6) is 0 Å². The van der Waals surface area contributed by atoms with Gasteiger partial charge >= 0.3 is 0 Å². The predicted molar refractivity (Wildman–Crippen MR) is 240 cm³/mol. The minimum atomic E-state index is 0.880. The SMILES string of the molecule is c1ccc(-c2ccc(-n3c4ccccc4c4c5c6ccccc6c6ccccc6c5c5c6ccccc6n(-c6ccc7c(c6)oc6ccccc67)c5c43)cc2)cc1. The lowest BCUT2D eigenvalue weighted by molar-refractivity contribution is 0.668. The molecule has 10 aromatic carbocycles. The largest absolute Gasteiger partial charge is 0.456 e. The molecule has 57 heavy (non-hydrogen) atoms. The molecular formula is C54H32N2O. The Labute approximate surface area is 326 Å². The predicted octanol–water partition coefficient (Wildman–Crippen LogP) is 14.9. The first-order chi connectivity index (χ1) is 28.3. The Morgan fingerprint density at radius 1 is 0.281 bits per heavy atom. The molecule has 264 valence electrons. The van der Waals surface area contributed by atoms with E-state index in [1.54, 1.807) is 0 Å². The summed E-state index contributed by atoms with van der Waals surface area (Å²) < 4.78 is 11.6. The molecule has 3 heteroatoms. The van der Waals surface area contributed by atoms with Crippen molar-refractivity contribution >= 4 is 97.9 Å². The van der Waals surface area contributed by atoms with E-state index >= 15 is 0 Å². The van der Waals surface area contributed by atoms with E-state index in [4.69, 9.17) is 4.42 Å². The van der Waals surface area contributed by atoms with Crippen LogP contribution >= 0.6 is 0 Å². The molecule has 0 spiro atoms. The number of hydrogen-bond donors (Lipinski definition) is 0. The molecule has 3 nitrogen and oxygen atoms in total. The van der Waals surface area contributed by atoms with Crippen LogP contribution in [-0.4, -0.2) is 9.13 Å². The van der Waals surface area contributed by atoms with Crippen molar-refractivity contribution in [2.24, 2.45) is 0 Å². The van der Waals surface area contributed by atoms with E-state index in [-0.39, 0.29) is 0 Å². The lowest BCUT2D eigenvalue weighted by atomic mass is 9.89. The minimum Gasteiger partial charge on any atom is -0.456 e. The maximum absolute atomic E-state index is 6.55. The van der Waals surface area contributed by atoms with Gasteiger partial charge in [-0.3, -0.25) is 0 Å². The highest BCUT2D eigenvalue weighted by Gasteiger charge is 2.27. The molecule has 0 radical (unpaired) electrons. The second-order valence-corrected chi connectivity index (χ2v) is 15.2. The summed E-state index contributed by atoms with van der Waals surface area (Å²) in [4.78, 5) is 0. The van der Waals surface area contributed by atoms with E-state index in [9.17, 15) is 0 Å². The Bertz CT molecular complexity index is 3790. The topological polar surface area (TPSA) is 23.0 Å². The van der Waals surface area contributed by atoms with Crippen LogP contribution in [0.4, 0.5) is 0 Å². The smallest absolute Gasteiger partial charge is 0.137 e. The van der Waals surface area contributed by atoms with E-state index < -0.39 is 0 Å². The Morgan fingerprint density at radius 2 is 0.719 bits per heavy atom. The Balaban J connectivity index is 1.30. The molecule has 3 aromatic heterocycles. The fourth-order valence-electron chi connectivity index (χ4n) is 9.92. The monoisotopic (exact) mass is 724 g/mol. The average Bonchev–Trinajstić information content (AvgIpc) is 3.94. The Morgan fingerprint density at radius 3 is 1.33 bits per heavy atom. The van der Waals surface area contributed by atoms with Crippen molar-refractivity contribution in [1.82, 2.24) is 9.13 Å². The molecule has 0 aliphatic carbocycles. The van der Waals surface area contributed by atoms with Gasteiger partial charge in [0, 0.05) is 54.8 Å². The number of fused-ring (bicyclic) bond motifs is 18. The number of furan rings is 1. The first kappa shape index (κ1) is 30.7. The maximum Gasteiger partial charge on any atom is 0.137 e. The summed E-state index contributed by atoms with van der Waals surface area (Å²) in [6.07, 6.45) is 0. The summed E-state index contributed by atoms with van der Waals surface area (Å²) in [5, 5.41) is 14.9. The van der Waals surface area contributed by atoms with Crippen molar-refractivity contribution in [2.75, 3.05) is 0 Å². The summed E-state index contributed by atoms with van der Waals surface area (Å²) in [6, 6.07) is 70.7. The number of nitrogens with zero attached hydrogens (tertiary/aromatic N) is 2. The molecule has 3 heterocycles. The number of hydrogen-bond acceptors (Lipinski definition) is 1. The van der Waals surface area contributed by atoms with Crippen LogP contribution in [0.1, 0.15) is 0 Å². The number of aromatic nitrogens is 2. The van der Waals surface area contributed by atoms with Gasteiger partial charge in [0.15, 0.2) is 0 Å². The average molecular weight is 725 g/mol. The lowest BCUT2D eigenvalue weighted by Gasteiger charge is -2.17. The van der Waals surface area contributed by atoms with Gasteiger partial charge in [0.1, 0.15) is 11.2 Å². The normalized spacial score (nSPS) is 12.2. The standard InChI is InChI=1S/C54H32N2O/c1-2-14-33(15-3-1)34-26-28-35(29-27-34)55-45-23-11-8-21-43(45)51-49-41-19-6-4-16-37(41)38-17-5-7-20-42(38)50(49)52-44-22-9-12-24-46(44)56(54(52)53(51)55)36-30-31-40-39-18-10-13-25-47(39)57-48(40)32-36/h1-32H. The highest BCUT2D eigenvalue weighted by molar-refractivity contribution is 6.45. The molecule has 0 atom stereocenters. The Hall–Kier alpha value is -7.62. The summed E-state index contributed by atoms with van der Waals surface area (Å²) in [7, 11) is 0. The van der Waals surface area contributed by atoms with Crippen LogP contribution < -0.4 is 0 Å². The maximum atomic E-state index is 6.55. The zero-order chi connectivity index (χ0) is 37.2. The van der Waals surface area contributed by atoms with Gasteiger partial charge in [-0.25, -0.2) is 0 Å². The second-order valence-electron chi connectivity index (χ2n) is 15.2. The molecular weight excluding hydrogens is 693 g/mol. The third-order valence-corrected chi connectivity index (χ3v) is 12.3. The summed E-state index contributed by atoms with van der Waals surface area (Å²) in [6.45, 7) is 0. The number of benzene rings is 10. The first-order valence-corrected chi connectivity index (χ1v) is 19.6. The first-order valence-electron chi connectivity index (χ1n) is 19.6. The molecule has 0 amide bonds. The number of para-hydroxylation sites is 3. The van der Waals surface area contributed by atoms with E-state index in [0.29, 0.717) is 0 Å². The molecule has 13 rings (SSSR count). The highest BCUT2D eigenvalue weighted by atomic mass is 16.3. The van der Waals surface area contributed by atoms with Gasteiger partial charge in [0.05, 0.1) is 27.8 Å². The van der Waals surface area contributed by atoms with E-state index in [2.05, 4.69) is 197 Å². The van der Waals surface area contributed by atoms with Gasteiger partial charge in [0.25, 0.3) is 0 Å². The zero-order valence-electron chi connectivity index (χ0n) is 30.8. The van der Waals surface area contributed by atoms with Gasteiger partial charge < -0.3 is 13.6 Å². The van der Waals surface area contributed by atoms with Crippen molar-refractivity contribution in [3.8, 4) is 22.5 Å². The van der Waals surface area contributed by atoms with Crippen molar-refractivity contribution in [1.29, 1.82) is 0 Å². The van der Waals surface area contributed by atoms with Crippen LogP contribution in [-0.2, 0) is 0 Å². The van der Waals surface area contributed by atoms with Crippen molar-refractivity contribution in [3.05, 3.63) is 194 Å². The Kier molecular flexibility index (Phi) is 6.16. The fraction of sp³-hybridized carbons (Fsp3) is 0.